The minimum absolute atomic E-state index is 0.132. The van der Waals surface area contributed by atoms with Gasteiger partial charge in [0.2, 0.25) is 0 Å². The Morgan fingerprint density at radius 1 is 1.04 bits per heavy atom. The molecule has 6 nitrogen and oxygen atoms in total. The van der Waals surface area contributed by atoms with Crippen LogP contribution in [0.1, 0.15) is 36.5 Å². The van der Waals surface area contributed by atoms with Gasteiger partial charge in [-0.2, -0.15) is 0 Å². The number of ether oxygens (including phenoxy) is 2. The van der Waals surface area contributed by atoms with Crippen molar-refractivity contribution in [3.05, 3.63) is 64.2 Å². The Hall–Kier alpha value is -2.89. The first-order valence-electron chi connectivity index (χ1n) is 8.24. The quantitative estimate of drug-likeness (QED) is 0.276. The standard InChI is InChI=1S/C19H21NO5/c1-2-18(21)15-10-11-19(17(14-15)20(22)23)25-13-7-6-12-24-16-8-4-3-5-9-16/h3-5,8-11,14H,2,6-7,12-13H2,1H3. The number of carbonyl (C=O) groups is 1. The van der Waals surface area contributed by atoms with Gasteiger partial charge in [0.15, 0.2) is 11.5 Å². The van der Waals surface area contributed by atoms with Crippen LogP contribution in [0, 0.1) is 10.1 Å². The second-order valence-corrected chi connectivity index (χ2v) is 5.43. The van der Waals surface area contributed by atoms with Crippen LogP contribution in [0.15, 0.2) is 48.5 Å². The van der Waals surface area contributed by atoms with Crippen molar-refractivity contribution in [2.45, 2.75) is 26.2 Å². The van der Waals surface area contributed by atoms with Gasteiger partial charge < -0.3 is 9.47 Å². The molecule has 0 aliphatic carbocycles. The highest BCUT2D eigenvalue weighted by Gasteiger charge is 2.18. The minimum Gasteiger partial charge on any atom is -0.494 e. The summed E-state index contributed by atoms with van der Waals surface area (Å²) in [6.07, 6.45) is 1.79. The SMILES string of the molecule is CCC(=O)c1ccc(OCCCCOc2ccccc2)c([N+](=O)[O-])c1. The molecule has 0 bridgehead atoms. The van der Waals surface area contributed by atoms with Gasteiger partial charge in [0.05, 0.1) is 18.1 Å². The molecule has 0 aliphatic rings. The number of nitrogens with zero attached hydrogens (tertiary/aromatic N) is 1. The Kier molecular flexibility index (Phi) is 6.95. The third kappa shape index (κ3) is 5.60. The summed E-state index contributed by atoms with van der Waals surface area (Å²) in [6.45, 7) is 2.62. The molecule has 0 radical (unpaired) electrons. The molecule has 0 spiro atoms. The molecular formula is C19H21NO5. The topological polar surface area (TPSA) is 78.7 Å². The fourth-order valence-corrected chi connectivity index (χ4v) is 2.25. The largest absolute Gasteiger partial charge is 0.494 e. The lowest BCUT2D eigenvalue weighted by Crippen LogP contribution is -2.05. The molecule has 0 saturated heterocycles. The van der Waals surface area contributed by atoms with Gasteiger partial charge in [-0.05, 0) is 37.1 Å². The van der Waals surface area contributed by atoms with Gasteiger partial charge in [-0.15, -0.1) is 0 Å². The van der Waals surface area contributed by atoms with E-state index < -0.39 is 4.92 Å². The third-order valence-corrected chi connectivity index (χ3v) is 3.61. The molecule has 2 rings (SSSR count). The molecule has 2 aromatic carbocycles. The maximum absolute atomic E-state index is 11.7. The predicted molar refractivity (Wildman–Crippen MR) is 94.4 cm³/mol. The fourth-order valence-electron chi connectivity index (χ4n) is 2.25. The summed E-state index contributed by atoms with van der Waals surface area (Å²) >= 11 is 0. The summed E-state index contributed by atoms with van der Waals surface area (Å²) in [7, 11) is 0. The molecule has 6 heteroatoms. The zero-order chi connectivity index (χ0) is 18.1. The number of carbonyl (C=O) groups excluding carboxylic acids is 1. The molecule has 0 heterocycles. The van der Waals surface area contributed by atoms with E-state index in [1.807, 2.05) is 30.3 Å². The number of nitro groups is 1. The van der Waals surface area contributed by atoms with Gasteiger partial charge in [-0.25, -0.2) is 0 Å². The number of ketones is 1. The summed E-state index contributed by atoms with van der Waals surface area (Å²) < 4.78 is 11.1. The van der Waals surface area contributed by atoms with Crippen LogP contribution >= 0.6 is 0 Å². The van der Waals surface area contributed by atoms with Crippen LogP contribution in [-0.4, -0.2) is 23.9 Å². The zero-order valence-electron chi connectivity index (χ0n) is 14.1. The Bertz CT molecular complexity index is 715. The molecule has 0 saturated carbocycles. The highest BCUT2D eigenvalue weighted by Crippen LogP contribution is 2.28. The number of benzene rings is 2. The number of rotatable bonds is 10. The minimum atomic E-state index is -0.527. The fraction of sp³-hybridized carbons (Fsp3) is 0.316. The lowest BCUT2D eigenvalue weighted by atomic mass is 10.1. The molecule has 132 valence electrons. The van der Waals surface area contributed by atoms with Gasteiger partial charge >= 0.3 is 5.69 Å². The maximum Gasteiger partial charge on any atom is 0.311 e. The Balaban J connectivity index is 1.81. The van der Waals surface area contributed by atoms with E-state index in [2.05, 4.69) is 0 Å². The van der Waals surface area contributed by atoms with Gasteiger partial charge in [0, 0.05) is 18.1 Å². The summed E-state index contributed by atoms with van der Waals surface area (Å²) in [5.74, 6) is 0.865. The van der Waals surface area contributed by atoms with E-state index in [-0.39, 0.29) is 17.2 Å². The van der Waals surface area contributed by atoms with E-state index in [9.17, 15) is 14.9 Å². The lowest BCUT2D eigenvalue weighted by Gasteiger charge is -2.09. The van der Waals surface area contributed by atoms with E-state index in [0.717, 1.165) is 12.2 Å². The highest BCUT2D eigenvalue weighted by atomic mass is 16.6. The van der Waals surface area contributed by atoms with E-state index >= 15 is 0 Å². The van der Waals surface area contributed by atoms with E-state index in [1.54, 1.807) is 13.0 Å². The monoisotopic (exact) mass is 343 g/mol. The van der Waals surface area contributed by atoms with Crippen LogP contribution < -0.4 is 9.47 Å². The van der Waals surface area contributed by atoms with E-state index in [4.69, 9.17) is 9.47 Å². The molecule has 0 N–H and O–H groups in total. The molecule has 0 fully saturated rings. The Morgan fingerprint density at radius 2 is 1.72 bits per heavy atom. The van der Waals surface area contributed by atoms with Crippen LogP contribution in [-0.2, 0) is 0 Å². The smallest absolute Gasteiger partial charge is 0.311 e. The first kappa shape index (κ1) is 18.4. The van der Waals surface area contributed by atoms with Crippen LogP contribution in [0.3, 0.4) is 0 Å². The average molecular weight is 343 g/mol. The van der Waals surface area contributed by atoms with Gasteiger partial charge in [-0.3, -0.25) is 14.9 Å². The summed E-state index contributed by atoms with van der Waals surface area (Å²) in [5.41, 5.74) is 0.151. The molecule has 0 atom stereocenters. The first-order chi connectivity index (χ1) is 12.1. The molecule has 0 amide bonds. The second kappa shape index (κ2) is 9.42. The summed E-state index contributed by atoms with van der Waals surface area (Å²) in [5, 5.41) is 11.2. The molecular weight excluding hydrogens is 322 g/mol. The van der Waals surface area contributed by atoms with E-state index in [0.29, 0.717) is 31.6 Å². The van der Waals surface area contributed by atoms with Crippen molar-refractivity contribution in [2.75, 3.05) is 13.2 Å². The van der Waals surface area contributed by atoms with E-state index in [1.165, 1.54) is 12.1 Å². The lowest BCUT2D eigenvalue weighted by molar-refractivity contribution is -0.385. The maximum atomic E-state index is 11.7. The molecule has 0 aromatic heterocycles. The molecule has 25 heavy (non-hydrogen) atoms. The Morgan fingerprint density at radius 3 is 2.36 bits per heavy atom. The number of nitro benzene ring substituents is 1. The van der Waals surface area contributed by atoms with Crippen LogP contribution in [0.5, 0.6) is 11.5 Å². The van der Waals surface area contributed by atoms with Crippen LogP contribution in [0.4, 0.5) is 5.69 Å². The van der Waals surface area contributed by atoms with Crippen LogP contribution in [0.2, 0.25) is 0 Å². The van der Waals surface area contributed by atoms with Crippen molar-refractivity contribution in [2.24, 2.45) is 0 Å². The van der Waals surface area contributed by atoms with Crippen molar-refractivity contribution in [3.63, 3.8) is 0 Å². The van der Waals surface area contributed by atoms with Gasteiger partial charge in [-0.1, -0.05) is 25.1 Å². The normalized spacial score (nSPS) is 10.3. The van der Waals surface area contributed by atoms with Crippen molar-refractivity contribution >= 4 is 11.5 Å². The predicted octanol–water partition coefficient (Wildman–Crippen LogP) is 4.43. The molecule has 2 aromatic rings. The van der Waals surface area contributed by atoms with Crippen molar-refractivity contribution in [1.82, 2.24) is 0 Å². The number of hydrogen-bond acceptors (Lipinski definition) is 5. The second-order valence-electron chi connectivity index (χ2n) is 5.43. The average Bonchev–Trinajstić information content (AvgIpc) is 2.64. The summed E-state index contributed by atoms with van der Waals surface area (Å²) in [4.78, 5) is 22.3. The number of Topliss-reactive ketones (excluding diaryl/α,β-unsaturated/α-hetero) is 1. The number of para-hydroxylation sites is 1. The molecule has 0 unspecified atom stereocenters. The van der Waals surface area contributed by atoms with Gasteiger partial charge in [0.1, 0.15) is 5.75 Å². The Labute approximate surface area is 146 Å². The van der Waals surface area contributed by atoms with Crippen molar-refractivity contribution in [3.8, 4) is 11.5 Å². The highest BCUT2D eigenvalue weighted by molar-refractivity contribution is 5.96. The number of hydrogen-bond donors (Lipinski definition) is 0. The number of unbranched alkanes of at least 4 members (excludes halogenated alkanes) is 1. The first-order valence-corrected chi connectivity index (χ1v) is 8.24. The van der Waals surface area contributed by atoms with Crippen LogP contribution in [0.25, 0.3) is 0 Å². The third-order valence-electron chi connectivity index (χ3n) is 3.61. The molecule has 0 aliphatic heterocycles. The van der Waals surface area contributed by atoms with Crippen molar-refractivity contribution < 1.29 is 19.2 Å². The zero-order valence-corrected chi connectivity index (χ0v) is 14.1. The van der Waals surface area contributed by atoms with Gasteiger partial charge in [0.25, 0.3) is 0 Å². The van der Waals surface area contributed by atoms with Crippen molar-refractivity contribution in [1.29, 1.82) is 0 Å². The summed E-state index contributed by atoms with van der Waals surface area (Å²) in [6, 6.07) is 13.8.